The molecular formula is C21H23ClN8. The summed E-state index contributed by atoms with van der Waals surface area (Å²) >= 11 is 6.73. The summed E-state index contributed by atoms with van der Waals surface area (Å²) < 4.78 is 1.76. The van der Waals surface area contributed by atoms with Crippen molar-refractivity contribution >= 4 is 39.5 Å². The summed E-state index contributed by atoms with van der Waals surface area (Å²) in [6.07, 6.45) is 6.30. The molecule has 154 valence electrons. The molecule has 1 aromatic carbocycles. The van der Waals surface area contributed by atoms with Gasteiger partial charge in [0.1, 0.15) is 5.52 Å². The number of halogens is 1. The molecule has 0 amide bonds. The zero-order valence-electron chi connectivity index (χ0n) is 16.9. The molecule has 9 heteroatoms. The molecule has 3 aromatic heterocycles. The lowest BCUT2D eigenvalue weighted by molar-refractivity contribution is 0.411. The third-order valence-corrected chi connectivity index (χ3v) is 6.97. The van der Waals surface area contributed by atoms with Crippen molar-refractivity contribution in [3.05, 3.63) is 29.0 Å². The lowest BCUT2D eigenvalue weighted by Gasteiger charge is -2.39. The van der Waals surface area contributed by atoms with Crippen molar-refractivity contribution in [2.45, 2.75) is 50.7 Å². The Labute approximate surface area is 178 Å². The largest absolute Gasteiger partial charge is 0.349 e. The van der Waals surface area contributed by atoms with Gasteiger partial charge in [-0.05, 0) is 44.7 Å². The molecule has 2 aliphatic heterocycles. The highest BCUT2D eigenvalue weighted by Gasteiger charge is 2.41. The van der Waals surface area contributed by atoms with Gasteiger partial charge in [0.15, 0.2) is 5.82 Å². The molecular weight excluding hydrogens is 400 g/mol. The Bertz CT molecular complexity index is 1280. The number of piperidine rings is 1. The standard InChI is InChI=1S/C21H23ClN8/c1-10-21(30-12-3-4-13(30)8-11(23)7-12)25-20-19(24-10)18(26-27-20)14-5-6-16-15(17(14)22)9-29(2)28-16/h5-6,9,11-13H,3-4,7-8,23H2,1-2H3,(H,25,26,27). The number of anilines is 1. The van der Waals surface area contributed by atoms with Gasteiger partial charge in [0.25, 0.3) is 0 Å². The molecule has 0 radical (unpaired) electrons. The maximum atomic E-state index is 6.73. The molecule has 2 saturated heterocycles. The van der Waals surface area contributed by atoms with Crippen molar-refractivity contribution in [3.8, 4) is 11.3 Å². The van der Waals surface area contributed by atoms with Crippen LogP contribution in [0.25, 0.3) is 33.3 Å². The SMILES string of the molecule is Cc1nc2c(-c3ccc4nn(C)cc4c3Cl)[nH]nc2nc1N1C2CCC1CC(N)C2. The monoisotopic (exact) mass is 422 g/mol. The fraction of sp³-hybridized carbons (Fsp3) is 0.429. The van der Waals surface area contributed by atoms with Gasteiger partial charge in [-0.15, -0.1) is 0 Å². The van der Waals surface area contributed by atoms with Gasteiger partial charge in [-0.1, -0.05) is 11.6 Å². The van der Waals surface area contributed by atoms with Crippen LogP contribution in [0.2, 0.25) is 5.02 Å². The lowest BCUT2D eigenvalue weighted by Crippen LogP contribution is -2.48. The molecule has 2 unspecified atom stereocenters. The summed E-state index contributed by atoms with van der Waals surface area (Å²) in [6.45, 7) is 2.03. The van der Waals surface area contributed by atoms with E-state index in [1.165, 1.54) is 12.8 Å². The molecule has 4 aromatic rings. The molecule has 3 N–H and O–H groups in total. The second kappa shape index (κ2) is 6.39. The molecule has 0 saturated carbocycles. The van der Waals surface area contributed by atoms with Gasteiger partial charge in [-0.25, -0.2) is 9.97 Å². The molecule has 2 bridgehead atoms. The first-order valence-corrected chi connectivity index (χ1v) is 10.8. The summed E-state index contributed by atoms with van der Waals surface area (Å²) in [7, 11) is 1.89. The first-order chi connectivity index (χ1) is 14.5. The smallest absolute Gasteiger partial charge is 0.202 e. The van der Waals surface area contributed by atoms with Crippen molar-refractivity contribution in [1.82, 2.24) is 29.9 Å². The number of hydrogen-bond donors (Lipinski definition) is 2. The Morgan fingerprint density at radius 3 is 2.70 bits per heavy atom. The molecule has 0 spiro atoms. The number of H-pyrrole nitrogens is 1. The zero-order valence-corrected chi connectivity index (χ0v) is 17.7. The van der Waals surface area contributed by atoms with E-state index >= 15 is 0 Å². The molecule has 6 rings (SSSR count). The van der Waals surface area contributed by atoms with E-state index in [1.807, 2.05) is 32.3 Å². The van der Waals surface area contributed by atoms with E-state index in [0.717, 1.165) is 52.0 Å². The molecule has 5 heterocycles. The molecule has 30 heavy (non-hydrogen) atoms. The van der Waals surface area contributed by atoms with Crippen LogP contribution >= 0.6 is 11.6 Å². The first kappa shape index (κ1) is 18.1. The second-order valence-electron chi connectivity index (χ2n) is 8.59. The van der Waals surface area contributed by atoms with Crippen LogP contribution in [0.5, 0.6) is 0 Å². The van der Waals surface area contributed by atoms with Crippen LogP contribution in [-0.4, -0.2) is 48.1 Å². The summed E-state index contributed by atoms with van der Waals surface area (Å²) in [6, 6.07) is 5.11. The van der Waals surface area contributed by atoms with Crippen LogP contribution < -0.4 is 10.6 Å². The van der Waals surface area contributed by atoms with Crippen molar-refractivity contribution in [3.63, 3.8) is 0 Å². The van der Waals surface area contributed by atoms with Crippen molar-refractivity contribution < 1.29 is 0 Å². The van der Waals surface area contributed by atoms with E-state index in [1.54, 1.807) is 4.68 Å². The summed E-state index contributed by atoms with van der Waals surface area (Å²) in [4.78, 5) is 12.3. The van der Waals surface area contributed by atoms with Gasteiger partial charge in [-0.3, -0.25) is 9.78 Å². The third-order valence-electron chi connectivity index (χ3n) is 6.56. The molecule has 0 aliphatic carbocycles. The predicted octanol–water partition coefficient (Wildman–Crippen LogP) is 3.33. The number of benzene rings is 1. The number of aryl methyl sites for hydroxylation is 2. The molecule has 2 fully saturated rings. The van der Waals surface area contributed by atoms with Gasteiger partial charge in [-0.2, -0.15) is 10.2 Å². The summed E-state index contributed by atoms with van der Waals surface area (Å²) in [5, 5.41) is 13.6. The number of aromatic amines is 1. The minimum atomic E-state index is 0.289. The van der Waals surface area contributed by atoms with Crippen LogP contribution in [0, 0.1) is 6.92 Å². The van der Waals surface area contributed by atoms with E-state index in [-0.39, 0.29) is 6.04 Å². The number of nitrogens with one attached hydrogen (secondary N) is 1. The number of nitrogens with two attached hydrogens (primary N) is 1. The summed E-state index contributed by atoms with van der Waals surface area (Å²) in [5.41, 5.74) is 11.0. The maximum absolute atomic E-state index is 6.73. The maximum Gasteiger partial charge on any atom is 0.202 e. The van der Waals surface area contributed by atoms with Crippen LogP contribution in [0.15, 0.2) is 18.3 Å². The Kier molecular flexibility index (Phi) is 3.85. The predicted molar refractivity (Wildman–Crippen MR) is 118 cm³/mol. The van der Waals surface area contributed by atoms with Crippen molar-refractivity contribution in [2.24, 2.45) is 12.8 Å². The minimum Gasteiger partial charge on any atom is -0.349 e. The minimum absolute atomic E-state index is 0.289. The van der Waals surface area contributed by atoms with Crippen LogP contribution in [0.4, 0.5) is 5.82 Å². The first-order valence-electron chi connectivity index (χ1n) is 10.4. The fourth-order valence-corrected chi connectivity index (χ4v) is 5.58. The van der Waals surface area contributed by atoms with Crippen molar-refractivity contribution in [1.29, 1.82) is 0 Å². The number of nitrogens with zero attached hydrogens (tertiary/aromatic N) is 6. The third kappa shape index (κ3) is 2.56. The van der Waals surface area contributed by atoms with E-state index in [0.29, 0.717) is 22.8 Å². The fourth-order valence-electron chi connectivity index (χ4n) is 5.28. The van der Waals surface area contributed by atoms with E-state index < -0.39 is 0 Å². The Hall–Kier alpha value is -2.71. The second-order valence-corrected chi connectivity index (χ2v) is 8.97. The van der Waals surface area contributed by atoms with Crippen LogP contribution in [0.3, 0.4) is 0 Å². The molecule has 8 nitrogen and oxygen atoms in total. The lowest BCUT2D eigenvalue weighted by atomic mass is 9.98. The quantitative estimate of drug-likeness (QED) is 0.513. The van der Waals surface area contributed by atoms with E-state index in [2.05, 4.69) is 20.2 Å². The van der Waals surface area contributed by atoms with Gasteiger partial charge in [0.05, 0.1) is 21.9 Å². The highest BCUT2D eigenvalue weighted by molar-refractivity contribution is 6.38. The van der Waals surface area contributed by atoms with Crippen LogP contribution in [-0.2, 0) is 7.05 Å². The average Bonchev–Trinajstić information content (AvgIpc) is 3.36. The topological polar surface area (TPSA) is 102 Å². The number of rotatable bonds is 2. The van der Waals surface area contributed by atoms with E-state index in [4.69, 9.17) is 27.3 Å². The molecule has 2 atom stereocenters. The summed E-state index contributed by atoms with van der Waals surface area (Å²) in [5.74, 6) is 0.939. The van der Waals surface area contributed by atoms with Gasteiger partial charge in [0, 0.05) is 42.3 Å². The Morgan fingerprint density at radius 2 is 1.93 bits per heavy atom. The zero-order chi connectivity index (χ0) is 20.6. The Balaban J connectivity index is 1.46. The number of fused-ring (bicyclic) bond motifs is 4. The van der Waals surface area contributed by atoms with Gasteiger partial charge < -0.3 is 10.6 Å². The van der Waals surface area contributed by atoms with Crippen molar-refractivity contribution in [2.75, 3.05) is 4.90 Å². The highest BCUT2D eigenvalue weighted by Crippen LogP contribution is 2.40. The van der Waals surface area contributed by atoms with Crippen LogP contribution in [0.1, 0.15) is 31.4 Å². The normalized spacial score (nSPS) is 23.7. The number of hydrogen-bond acceptors (Lipinski definition) is 6. The highest BCUT2D eigenvalue weighted by atomic mass is 35.5. The molecule has 2 aliphatic rings. The Morgan fingerprint density at radius 1 is 1.17 bits per heavy atom. The van der Waals surface area contributed by atoms with Gasteiger partial charge in [0.2, 0.25) is 5.65 Å². The number of aromatic nitrogens is 6. The average molecular weight is 423 g/mol. The van der Waals surface area contributed by atoms with E-state index in [9.17, 15) is 0 Å². The van der Waals surface area contributed by atoms with Gasteiger partial charge >= 0.3 is 0 Å².